The molecule has 2 rings (SSSR count). The van der Waals surface area contributed by atoms with E-state index < -0.39 is 5.97 Å². The lowest BCUT2D eigenvalue weighted by Gasteiger charge is -2.06. The molecule has 0 saturated heterocycles. The van der Waals surface area contributed by atoms with Crippen LogP contribution in [0.25, 0.3) is 0 Å². The van der Waals surface area contributed by atoms with Gasteiger partial charge in [-0.2, -0.15) is 0 Å². The summed E-state index contributed by atoms with van der Waals surface area (Å²) in [5, 5.41) is 0. The van der Waals surface area contributed by atoms with E-state index in [0.717, 1.165) is 0 Å². The van der Waals surface area contributed by atoms with E-state index >= 15 is 0 Å². The highest BCUT2D eigenvalue weighted by Gasteiger charge is 2.08. The molecule has 0 fully saturated rings. The number of hydrogen-bond donors (Lipinski definition) is 0. The van der Waals surface area contributed by atoms with Crippen LogP contribution in [0.15, 0.2) is 48.5 Å². The number of rotatable bonds is 3. The van der Waals surface area contributed by atoms with E-state index in [1.807, 2.05) is 18.2 Å². The number of hydrogen-bond acceptors (Lipinski definition) is 4. The molecule has 0 aliphatic heterocycles. The van der Waals surface area contributed by atoms with Gasteiger partial charge in [0.15, 0.2) is 6.29 Å². The highest BCUT2D eigenvalue weighted by molar-refractivity contribution is 5.92. The predicted molar refractivity (Wildman–Crippen MR) is 77.3 cm³/mol. The average Bonchev–Trinajstić information content (AvgIpc) is 2.54. The van der Waals surface area contributed by atoms with E-state index in [0.29, 0.717) is 17.6 Å². The fourth-order valence-corrected chi connectivity index (χ4v) is 1.60. The van der Waals surface area contributed by atoms with Crippen LogP contribution in [-0.2, 0) is 4.79 Å². The number of methoxy groups -OCH3 is 1. The maximum Gasteiger partial charge on any atom is 0.390 e. The lowest BCUT2D eigenvalue weighted by Crippen LogP contribution is -2.06. The van der Waals surface area contributed by atoms with E-state index in [9.17, 15) is 9.59 Å². The van der Waals surface area contributed by atoms with Crippen LogP contribution in [0.2, 0.25) is 0 Å². The molecule has 0 spiro atoms. The Hall–Kier alpha value is -3.06. The van der Waals surface area contributed by atoms with Gasteiger partial charge in [0.05, 0.1) is 12.7 Å². The van der Waals surface area contributed by atoms with Gasteiger partial charge in [-0.25, -0.2) is 4.79 Å². The quantitative estimate of drug-likeness (QED) is 0.375. The smallest absolute Gasteiger partial charge is 0.390 e. The summed E-state index contributed by atoms with van der Waals surface area (Å²) in [6.07, 6.45) is 0.604. The maximum atomic E-state index is 11.7. The van der Waals surface area contributed by atoms with Crippen molar-refractivity contribution in [3.63, 3.8) is 0 Å². The second kappa shape index (κ2) is 6.92. The summed E-state index contributed by atoms with van der Waals surface area (Å²) in [5.41, 5.74) is 0.960. The highest BCUT2D eigenvalue weighted by Crippen LogP contribution is 2.23. The van der Waals surface area contributed by atoms with Crippen molar-refractivity contribution in [3.05, 3.63) is 59.7 Å². The molecule has 0 atom stereocenters. The summed E-state index contributed by atoms with van der Waals surface area (Å²) in [6, 6.07) is 13.6. The first-order valence-electron chi connectivity index (χ1n) is 6.15. The van der Waals surface area contributed by atoms with Crippen LogP contribution in [0.3, 0.4) is 0 Å². The third-order valence-electron chi connectivity index (χ3n) is 2.63. The van der Waals surface area contributed by atoms with Crippen molar-refractivity contribution in [1.29, 1.82) is 0 Å². The van der Waals surface area contributed by atoms with Crippen LogP contribution in [0.1, 0.15) is 15.9 Å². The monoisotopic (exact) mass is 280 g/mol. The normalized spacial score (nSPS) is 9.19. The molecule has 2 aromatic carbocycles. The van der Waals surface area contributed by atoms with Gasteiger partial charge in [-0.15, -0.1) is 0 Å². The fourth-order valence-electron chi connectivity index (χ4n) is 1.60. The van der Waals surface area contributed by atoms with Crippen LogP contribution in [0, 0.1) is 11.8 Å². The predicted octanol–water partition coefficient (Wildman–Crippen LogP) is 2.46. The summed E-state index contributed by atoms with van der Waals surface area (Å²) < 4.78 is 10.1. The van der Waals surface area contributed by atoms with E-state index in [-0.39, 0.29) is 11.3 Å². The molecule has 0 aliphatic carbocycles. The lowest BCUT2D eigenvalue weighted by molar-refractivity contribution is -0.128. The first-order valence-corrected chi connectivity index (χ1v) is 6.15. The number of benzene rings is 2. The van der Waals surface area contributed by atoms with E-state index in [2.05, 4.69) is 11.8 Å². The number of carbonyl (C=O) groups excluding carboxylic acids is 2. The Morgan fingerprint density at radius 1 is 1.14 bits per heavy atom. The van der Waals surface area contributed by atoms with Crippen molar-refractivity contribution in [2.75, 3.05) is 7.11 Å². The Kier molecular flexibility index (Phi) is 4.73. The van der Waals surface area contributed by atoms with Gasteiger partial charge in [0.25, 0.3) is 0 Å². The van der Waals surface area contributed by atoms with Gasteiger partial charge in [-0.05, 0) is 24.3 Å². The Bertz CT molecular complexity index is 709. The fraction of sp³-hybridized carbons (Fsp3) is 0.0588. The Morgan fingerprint density at radius 3 is 2.57 bits per heavy atom. The van der Waals surface area contributed by atoms with Crippen LogP contribution in [0.4, 0.5) is 0 Å². The van der Waals surface area contributed by atoms with Crippen molar-refractivity contribution in [2.45, 2.75) is 0 Å². The first-order chi connectivity index (χ1) is 10.2. The molecule has 0 N–H and O–H groups in total. The summed E-state index contributed by atoms with van der Waals surface area (Å²) in [6.45, 7) is 0. The summed E-state index contributed by atoms with van der Waals surface area (Å²) >= 11 is 0. The molecule has 0 radical (unpaired) electrons. The molecule has 0 heterocycles. The third kappa shape index (κ3) is 3.95. The van der Waals surface area contributed by atoms with Gasteiger partial charge >= 0.3 is 5.97 Å². The van der Waals surface area contributed by atoms with E-state index in [1.54, 1.807) is 18.2 Å². The van der Waals surface area contributed by atoms with Gasteiger partial charge in [-0.1, -0.05) is 24.1 Å². The zero-order valence-electron chi connectivity index (χ0n) is 11.3. The minimum Gasteiger partial charge on any atom is -0.497 e. The van der Waals surface area contributed by atoms with Crippen LogP contribution in [-0.4, -0.2) is 19.4 Å². The molecule has 104 valence electrons. The minimum atomic E-state index is -0.741. The molecule has 0 aromatic heterocycles. The Morgan fingerprint density at radius 2 is 1.90 bits per heavy atom. The van der Waals surface area contributed by atoms with Gasteiger partial charge in [0.1, 0.15) is 11.5 Å². The molecule has 4 heteroatoms. The van der Waals surface area contributed by atoms with Gasteiger partial charge in [-0.3, -0.25) is 4.79 Å². The highest BCUT2D eigenvalue weighted by atomic mass is 16.5. The SMILES string of the molecule is COc1ccc(C=O)c(OC(=O)C#Cc2ccccc2)c1. The van der Waals surface area contributed by atoms with Crippen molar-refractivity contribution >= 4 is 12.3 Å². The van der Waals surface area contributed by atoms with Crippen LogP contribution >= 0.6 is 0 Å². The second-order valence-corrected chi connectivity index (χ2v) is 4.03. The van der Waals surface area contributed by atoms with Crippen molar-refractivity contribution in [2.24, 2.45) is 0 Å². The molecule has 0 saturated carbocycles. The Balaban J connectivity index is 2.16. The second-order valence-electron chi connectivity index (χ2n) is 4.03. The van der Waals surface area contributed by atoms with E-state index in [1.165, 1.54) is 19.2 Å². The zero-order valence-corrected chi connectivity index (χ0v) is 11.3. The molecule has 4 nitrogen and oxygen atoms in total. The lowest BCUT2D eigenvalue weighted by atomic mass is 10.2. The van der Waals surface area contributed by atoms with Crippen molar-refractivity contribution < 1.29 is 19.1 Å². The number of esters is 1. The summed E-state index contributed by atoms with van der Waals surface area (Å²) in [4.78, 5) is 22.6. The number of ether oxygens (including phenoxy) is 2. The van der Waals surface area contributed by atoms with Crippen molar-refractivity contribution in [3.8, 4) is 23.3 Å². The Labute approximate surface area is 122 Å². The molecule has 0 bridgehead atoms. The zero-order chi connectivity index (χ0) is 15.1. The van der Waals surface area contributed by atoms with Crippen LogP contribution < -0.4 is 9.47 Å². The summed E-state index contributed by atoms with van der Waals surface area (Å²) in [7, 11) is 1.48. The molecule has 0 unspecified atom stereocenters. The first kappa shape index (κ1) is 14.4. The third-order valence-corrected chi connectivity index (χ3v) is 2.63. The minimum absolute atomic E-state index is 0.122. The topological polar surface area (TPSA) is 52.6 Å². The molecule has 0 aliphatic rings. The van der Waals surface area contributed by atoms with Gasteiger partial charge < -0.3 is 9.47 Å². The molecule has 21 heavy (non-hydrogen) atoms. The molecule has 0 amide bonds. The van der Waals surface area contributed by atoms with E-state index in [4.69, 9.17) is 9.47 Å². The molecule has 2 aromatic rings. The largest absolute Gasteiger partial charge is 0.497 e. The maximum absolute atomic E-state index is 11.7. The molecular weight excluding hydrogens is 268 g/mol. The standard InChI is InChI=1S/C17H12O4/c1-20-15-9-8-14(12-18)16(11-15)21-17(19)10-7-13-5-3-2-4-6-13/h2-6,8-9,11-12H,1H3. The average molecular weight is 280 g/mol. The summed E-state index contributed by atoms with van der Waals surface area (Å²) in [5.74, 6) is 4.92. The van der Waals surface area contributed by atoms with Crippen LogP contribution in [0.5, 0.6) is 11.5 Å². The van der Waals surface area contributed by atoms with Gasteiger partial charge in [0.2, 0.25) is 0 Å². The van der Waals surface area contributed by atoms with Crippen molar-refractivity contribution in [1.82, 2.24) is 0 Å². The number of aldehydes is 1. The van der Waals surface area contributed by atoms with Gasteiger partial charge in [0, 0.05) is 17.6 Å². The molecular formula is C17H12O4. The number of carbonyl (C=O) groups is 2.